The van der Waals surface area contributed by atoms with Gasteiger partial charge in [0.1, 0.15) is 0 Å². The maximum Gasteiger partial charge on any atom is 0.0577 e. The van der Waals surface area contributed by atoms with Crippen LogP contribution in [-0.4, -0.2) is 11.2 Å². The second-order valence-corrected chi connectivity index (χ2v) is 12.5. The van der Waals surface area contributed by atoms with Crippen molar-refractivity contribution in [1.82, 2.24) is 0 Å². The third kappa shape index (κ3) is 3.66. The van der Waals surface area contributed by atoms with Gasteiger partial charge in [-0.15, -0.1) is 6.58 Å². The lowest BCUT2D eigenvalue weighted by molar-refractivity contribution is -0.0574. The first-order chi connectivity index (χ1) is 14.2. The minimum absolute atomic E-state index is 0.0855. The van der Waals surface area contributed by atoms with Crippen molar-refractivity contribution in [2.45, 2.75) is 105 Å². The molecule has 10 atom stereocenters. The number of hydrogen-bond acceptors (Lipinski definition) is 1. The molecule has 0 spiro atoms. The zero-order valence-electron chi connectivity index (χ0n) is 20.5. The van der Waals surface area contributed by atoms with Gasteiger partial charge in [-0.05, 0) is 110 Å². The van der Waals surface area contributed by atoms with Gasteiger partial charge in [0.25, 0.3) is 0 Å². The smallest absolute Gasteiger partial charge is 0.0577 e. The van der Waals surface area contributed by atoms with Crippen molar-refractivity contribution in [3.63, 3.8) is 0 Å². The molecule has 1 N–H and O–H groups in total. The van der Waals surface area contributed by atoms with E-state index >= 15 is 0 Å². The first-order valence-corrected chi connectivity index (χ1v) is 13.2. The highest BCUT2D eigenvalue weighted by Crippen LogP contribution is 2.67. The van der Waals surface area contributed by atoms with Gasteiger partial charge < -0.3 is 5.11 Å². The van der Waals surface area contributed by atoms with Gasteiger partial charge in [-0.1, -0.05) is 58.8 Å². The van der Waals surface area contributed by atoms with E-state index < -0.39 is 0 Å². The third-order valence-corrected chi connectivity index (χ3v) is 11.2. The van der Waals surface area contributed by atoms with E-state index in [1.807, 2.05) is 0 Å². The van der Waals surface area contributed by atoms with Crippen molar-refractivity contribution in [2.75, 3.05) is 0 Å². The van der Waals surface area contributed by atoms with Gasteiger partial charge in [-0.3, -0.25) is 0 Å². The SMILES string of the molecule is C=CC(C)C(C)CCC(C)C1CCC2C3CC=C4CC(O)CCC4(C)C3CCC12C. The molecule has 1 nitrogen and oxygen atoms in total. The van der Waals surface area contributed by atoms with Gasteiger partial charge in [0.2, 0.25) is 0 Å². The highest BCUT2D eigenvalue weighted by molar-refractivity contribution is 5.25. The average Bonchev–Trinajstić information content (AvgIpc) is 3.09. The zero-order valence-corrected chi connectivity index (χ0v) is 20.5. The standard InChI is InChI=1S/C29H48O/c1-7-19(2)20(3)8-9-21(4)25-12-13-26-24-11-10-22-18-23(30)14-16-28(22,5)27(24)15-17-29(25,26)6/h7,10,19-21,23-27,30H,1,8-9,11-18H2,2-6H3. The highest BCUT2D eigenvalue weighted by atomic mass is 16.3. The minimum atomic E-state index is -0.0855. The summed E-state index contributed by atoms with van der Waals surface area (Å²) in [6.45, 7) is 16.6. The first kappa shape index (κ1) is 22.6. The van der Waals surface area contributed by atoms with Crippen LogP contribution in [0.15, 0.2) is 24.3 Å². The summed E-state index contributed by atoms with van der Waals surface area (Å²) in [4.78, 5) is 0. The maximum absolute atomic E-state index is 10.2. The second kappa shape index (κ2) is 8.42. The molecule has 0 bridgehead atoms. The van der Waals surface area contributed by atoms with Crippen LogP contribution in [0.5, 0.6) is 0 Å². The lowest BCUT2D eigenvalue weighted by Gasteiger charge is -2.58. The number of hydrogen-bond donors (Lipinski definition) is 1. The molecule has 0 aromatic heterocycles. The number of allylic oxidation sites excluding steroid dienone is 2. The summed E-state index contributed by atoms with van der Waals surface area (Å²) >= 11 is 0. The number of aliphatic hydroxyl groups is 1. The molecular formula is C29H48O. The highest BCUT2D eigenvalue weighted by Gasteiger charge is 2.59. The van der Waals surface area contributed by atoms with E-state index in [0.29, 0.717) is 16.7 Å². The normalized spacial score (nSPS) is 46.1. The maximum atomic E-state index is 10.2. The Labute approximate surface area is 186 Å². The van der Waals surface area contributed by atoms with E-state index in [4.69, 9.17) is 0 Å². The Kier molecular flexibility index (Phi) is 6.35. The molecule has 0 amide bonds. The van der Waals surface area contributed by atoms with Gasteiger partial charge >= 0.3 is 0 Å². The molecule has 170 valence electrons. The van der Waals surface area contributed by atoms with E-state index in [1.54, 1.807) is 5.57 Å². The predicted molar refractivity (Wildman–Crippen MR) is 128 cm³/mol. The molecule has 0 heterocycles. The molecule has 30 heavy (non-hydrogen) atoms. The molecule has 1 heteroatoms. The predicted octanol–water partition coefficient (Wildman–Crippen LogP) is 7.80. The first-order valence-electron chi connectivity index (χ1n) is 13.2. The minimum Gasteiger partial charge on any atom is -0.393 e. The largest absolute Gasteiger partial charge is 0.393 e. The molecule has 0 aliphatic heterocycles. The molecule has 0 aromatic carbocycles. The fourth-order valence-electron chi connectivity index (χ4n) is 8.84. The Bertz CT molecular complexity index is 663. The molecular weight excluding hydrogens is 364 g/mol. The lowest BCUT2D eigenvalue weighted by atomic mass is 9.47. The van der Waals surface area contributed by atoms with Crippen molar-refractivity contribution < 1.29 is 5.11 Å². The Morgan fingerprint density at radius 1 is 1.07 bits per heavy atom. The summed E-state index contributed by atoms with van der Waals surface area (Å²) in [5, 5.41) is 10.2. The number of fused-ring (bicyclic) bond motifs is 5. The van der Waals surface area contributed by atoms with Crippen molar-refractivity contribution in [3.05, 3.63) is 24.3 Å². The quantitative estimate of drug-likeness (QED) is 0.441. The van der Waals surface area contributed by atoms with Crippen molar-refractivity contribution in [3.8, 4) is 0 Å². The monoisotopic (exact) mass is 412 g/mol. The van der Waals surface area contributed by atoms with Crippen LogP contribution < -0.4 is 0 Å². The second-order valence-electron chi connectivity index (χ2n) is 12.5. The molecule has 3 fully saturated rings. The van der Waals surface area contributed by atoms with E-state index in [-0.39, 0.29) is 6.10 Å². The van der Waals surface area contributed by atoms with E-state index in [0.717, 1.165) is 48.3 Å². The molecule has 10 unspecified atom stereocenters. The van der Waals surface area contributed by atoms with Crippen molar-refractivity contribution in [1.29, 1.82) is 0 Å². The van der Waals surface area contributed by atoms with Gasteiger partial charge in [0.05, 0.1) is 6.10 Å². The van der Waals surface area contributed by atoms with Crippen molar-refractivity contribution >= 4 is 0 Å². The number of aliphatic hydroxyl groups excluding tert-OH is 1. The Morgan fingerprint density at radius 3 is 2.57 bits per heavy atom. The van der Waals surface area contributed by atoms with Gasteiger partial charge in [0, 0.05) is 0 Å². The Hall–Kier alpha value is -0.560. The Balaban J connectivity index is 1.47. The third-order valence-electron chi connectivity index (χ3n) is 11.2. The van der Waals surface area contributed by atoms with Crippen LogP contribution in [0, 0.1) is 52.3 Å². The van der Waals surface area contributed by atoms with Gasteiger partial charge in [-0.2, -0.15) is 0 Å². The van der Waals surface area contributed by atoms with Crippen LogP contribution in [-0.2, 0) is 0 Å². The summed E-state index contributed by atoms with van der Waals surface area (Å²) in [6.07, 6.45) is 17.6. The number of rotatable bonds is 6. The van der Waals surface area contributed by atoms with Crippen LogP contribution in [0.25, 0.3) is 0 Å². The molecule has 0 aromatic rings. The molecule has 0 saturated heterocycles. The fraction of sp³-hybridized carbons (Fsp3) is 0.862. The van der Waals surface area contributed by atoms with E-state index in [9.17, 15) is 5.11 Å². The summed E-state index contributed by atoms with van der Waals surface area (Å²) < 4.78 is 0. The summed E-state index contributed by atoms with van der Waals surface area (Å²) in [7, 11) is 0. The molecule has 4 aliphatic rings. The summed E-state index contributed by atoms with van der Waals surface area (Å²) in [5.74, 6) is 5.85. The molecule has 3 saturated carbocycles. The molecule has 4 aliphatic carbocycles. The van der Waals surface area contributed by atoms with E-state index in [1.165, 1.54) is 51.4 Å². The van der Waals surface area contributed by atoms with Crippen LogP contribution in [0.4, 0.5) is 0 Å². The molecule has 0 radical (unpaired) electrons. The van der Waals surface area contributed by atoms with Crippen molar-refractivity contribution in [2.24, 2.45) is 52.3 Å². The zero-order chi connectivity index (χ0) is 21.7. The molecule has 4 rings (SSSR count). The van der Waals surface area contributed by atoms with Crippen LogP contribution >= 0.6 is 0 Å². The summed E-state index contributed by atoms with van der Waals surface area (Å²) in [5.41, 5.74) is 2.55. The van der Waals surface area contributed by atoms with Gasteiger partial charge in [-0.25, -0.2) is 0 Å². The Morgan fingerprint density at radius 2 is 1.83 bits per heavy atom. The van der Waals surface area contributed by atoms with Crippen LogP contribution in [0.3, 0.4) is 0 Å². The lowest BCUT2D eigenvalue weighted by Crippen LogP contribution is -2.50. The van der Waals surface area contributed by atoms with E-state index in [2.05, 4.69) is 53.3 Å². The summed E-state index contributed by atoms with van der Waals surface area (Å²) in [6, 6.07) is 0. The van der Waals surface area contributed by atoms with Crippen LogP contribution in [0.2, 0.25) is 0 Å². The van der Waals surface area contributed by atoms with Crippen LogP contribution in [0.1, 0.15) is 98.8 Å². The fourth-order valence-corrected chi connectivity index (χ4v) is 8.84. The average molecular weight is 413 g/mol. The van der Waals surface area contributed by atoms with Gasteiger partial charge in [0.15, 0.2) is 0 Å². The topological polar surface area (TPSA) is 20.2 Å².